The van der Waals surface area contributed by atoms with Gasteiger partial charge in [-0.25, -0.2) is 0 Å². The Balaban J connectivity index is 1.22. The molecule has 3 nitrogen and oxygen atoms in total. The van der Waals surface area contributed by atoms with E-state index in [0.29, 0.717) is 23.7 Å². The van der Waals surface area contributed by atoms with Gasteiger partial charge in [0.2, 0.25) is 0 Å². The van der Waals surface area contributed by atoms with Crippen molar-refractivity contribution >= 4 is 68.4 Å². The minimum absolute atomic E-state index is 0.0647. The fourth-order valence-corrected chi connectivity index (χ4v) is 14.4. The summed E-state index contributed by atoms with van der Waals surface area (Å²) in [6, 6.07) is 30.7. The van der Waals surface area contributed by atoms with Crippen LogP contribution in [0.25, 0.3) is 11.0 Å². The average Bonchev–Trinajstić information content (AvgIpc) is 3.66. The number of hydrogen-bond acceptors (Lipinski definition) is 3. The summed E-state index contributed by atoms with van der Waals surface area (Å²) < 4.78 is 7.68. The van der Waals surface area contributed by atoms with Gasteiger partial charge in [-0.15, -0.1) is 0 Å². The highest BCUT2D eigenvalue weighted by molar-refractivity contribution is 7.00. The van der Waals surface area contributed by atoms with E-state index in [1.54, 1.807) is 0 Å². The Morgan fingerprint density at radius 1 is 0.500 bits per heavy atom. The molecule has 2 aliphatic heterocycles. The standard InChI is InChI=1S/C64H77BN2O/c1-36-16-19-39(4)46-35-56-47(32-43(36)46)58-59(68-56)65-52-33-44-37(2)17-18-38(3)45(44)34-53(52)66(41-20-22-48-50(30-41)63(12,13)26-24-61(48,8)9)54-28-40(60(5,6)7)29-55(57(54)65)67(58)42-21-23-49-51(31-42)64(14,15)27-25-62(49,10)11/h20-23,28-39H,16-19,24-27H2,1-15H3. The molecule has 0 saturated carbocycles. The zero-order valence-corrected chi connectivity index (χ0v) is 44.3. The third-order valence-electron chi connectivity index (χ3n) is 19.3. The van der Waals surface area contributed by atoms with E-state index < -0.39 is 0 Å². The summed E-state index contributed by atoms with van der Waals surface area (Å²) in [6.45, 7) is 36.7. The molecule has 352 valence electrons. The molecule has 0 bridgehead atoms. The lowest BCUT2D eigenvalue weighted by Gasteiger charge is -2.46. The van der Waals surface area contributed by atoms with Gasteiger partial charge in [0.05, 0.1) is 11.3 Å². The SMILES string of the molecule is CC1CCC(C)c2cc3c(cc21)B1c2oc4cc5c(cc4c2N(c2ccc4c(c2)C(C)(C)CCC4(C)C)c2cc(C(C)(C)C)cc(c21)N3c1ccc2c(c1)C(C)(C)CCC2(C)C)C(C)CCC5C. The van der Waals surface area contributed by atoms with Crippen LogP contribution in [0.15, 0.2) is 77.2 Å². The Hall–Kier alpha value is -4.70. The fourth-order valence-electron chi connectivity index (χ4n) is 14.4. The lowest BCUT2D eigenvalue weighted by Crippen LogP contribution is -2.61. The molecule has 0 amide bonds. The summed E-state index contributed by atoms with van der Waals surface area (Å²) >= 11 is 0. The molecule has 5 aromatic carbocycles. The molecule has 6 aromatic rings. The van der Waals surface area contributed by atoms with Gasteiger partial charge in [0.15, 0.2) is 0 Å². The summed E-state index contributed by atoms with van der Waals surface area (Å²) in [4.78, 5) is 5.41. The molecule has 0 spiro atoms. The molecular formula is C64H77BN2O. The van der Waals surface area contributed by atoms with Crippen LogP contribution in [0, 0.1) is 0 Å². The molecule has 0 saturated heterocycles. The quantitative estimate of drug-likeness (QED) is 0.161. The van der Waals surface area contributed by atoms with Crippen LogP contribution in [0.4, 0.5) is 34.1 Å². The minimum Gasteiger partial charge on any atom is -0.468 e. The van der Waals surface area contributed by atoms with E-state index in [1.807, 2.05) is 0 Å². The number of anilines is 6. The van der Waals surface area contributed by atoms with Gasteiger partial charge in [0.1, 0.15) is 5.58 Å². The van der Waals surface area contributed by atoms with Gasteiger partial charge in [-0.05, 0) is 218 Å². The third-order valence-corrected chi connectivity index (χ3v) is 19.3. The normalized spacial score (nSPS) is 24.6. The van der Waals surface area contributed by atoms with Crippen LogP contribution < -0.4 is 26.4 Å². The molecule has 0 N–H and O–H groups in total. The second kappa shape index (κ2) is 14.4. The molecule has 68 heavy (non-hydrogen) atoms. The molecule has 4 aliphatic carbocycles. The molecule has 1 aromatic heterocycles. The molecule has 4 atom stereocenters. The highest BCUT2D eigenvalue weighted by Gasteiger charge is 2.49. The van der Waals surface area contributed by atoms with Crippen LogP contribution in [0.1, 0.15) is 229 Å². The van der Waals surface area contributed by atoms with Crippen LogP contribution >= 0.6 is 0 Å². The van der Waals surface area contributed by atoms with E-state index in [9.17, 15) is 0 Å². The van der Waals surface area contributed by atoms with E-state index in [4.69, 9.17) is 4.42 Å². The second-order valence-corrected chi connectivity index (χ2v) is 26.9. The molecule has 6 aliphatic rings. The van der Waals surface area contributed by atoms with Crippen LogP contribution in [0.2, 0.25) is 0 Å². The second-order valence-electron chi connectivity index (χ2n) is 26.9. The first kappa shape index (κ1) is 44.5. The van der Waals surface area contributed by atoms with Crippen molar-refractivity contribution in [1.29, 1.82) is 0 Å². The Morgan fingerprint density at radius 2 is 0.941 bits per heavy atom. The first-order chi connectivity index (χ1) is 31.9. The molecular weight excluding hydrogens is 824 g/mol. The maximum absolute atomic E-state index is 7.68. The van der Waals surface area contributed by atoms with E-state index in [-0.39, 0.29) is 33.8 Å². The Morgan fingerprint density at radius 3 is 1.46 bits per heavy atom. The van der Waals surface area contributed by atoms with Crippen molar-refractivity contribution in [2.24, 2.45) is 0 Å². The number of nitrogens with zero attached hydrogens (tertiary/aromatic N) is 2. The maximum atomic E-state index is 7.68. The zero-order valence-electron chi connectivity index (χ0n) is 44.3. The number of hydrogen-bond donors (Lipinski definition) is 0. The van der Waals surface area contributed by atoms with Crippen molar-refractivity contribution in [3.8, 4) is 0 Å². The number of furan rings is 1. The number of fused-ring (bicyclic) bond motifs is 10. The van der Waals surface area contributed by atoms with Gasteiger partial charge in [-0.2, -0.15) is 0 Å². The van der Waals surface area contributed by atoms with Crippen LogP contribution in [-0.2, 0) is 27.1 Å². The van der Waals surface area contributed by atoms with Gasteiger partial charge in [0, 0.05) is 33.8 Å². The average molecular weight is 901 g/mol. The minimum atomic E-state index is -0.106. The van der Waals surface area contributed by atoms with E-state index in [1.165, 1.54) is 152 Å². The number of rotatable bonds is 2. The lowest BCUT2D eigenvalue weighted by molar-refractivity contribution is 0.332. The number of benzene rings is 5. The summed E-state index contributed by atoms with van der Waals surface area (Å²) in [5.74, 6) is 2.03. The molecule has 0 fully saturated rings. The lowest BCUT2D eigenvalue weighted by atomic mass is 9.35. The topological polar surface area (TPSA) is 19.6 Å². The first-order valence-electron chi connectivity index (χ1n) is 26.8. The van der Waals surface area contributed by atoms with Crippen molar-refractivity contribution in [1.82, 2.24) is 0 Å². The van der Waals surface area contributed by atoms with Gasteiger partial charge in [-0.3, -0.25) is 0 Å². The summed E-state index contributed by atoms with van der Waals surface area (Å²) in [5.41, 5.74) is 26.3. The fraction of sp³-hybridized carbons (Fsp3) is 0.500. The predicted octanol–water partition coefficient (Wildman–Crippen LogP) is 16.5. The van der Waals surface area contributed by atoms with Crippen LogP contribution in [0.5, 0.6) is 0 Å². The van der Waals surface area contributed by atoms with Gasteiger partial charge in [-0.1, -0.05) is 122 Å². The molecule has 4 heteroatoms. The zero-order chi connectivity index (χ0) is 47.9. The smallest absolute Gasteiger partial charge is 0.297 e. The van der Waals surface area contributed by atoms with Gasteiger partial charge in [0.25, 0.3) is 6.71 Å². The highest BCUT2D eigenvalue weighted by Crippen LogP contribution is 2.55. The van der Waals surface area contributed by atoms with Crippen molar-refractivity contribution in [3.05, 3.63) is 123 Å². The predicted molar refractivity (Wildman–Crippen MR) is 292 cm³/mol. The molecule has 4 unspecified atom stereocenters. The van der Waals surface area contributed by atoms with Gasteiger partial charge < -0.3 is 14.2 Å². The van der Waals surface area contributed by atoms with Crippen LogP contribution in [0.3, 0.4) is 0 Å². The van der Waals surface area contributed by atoms with Crippen molar-refractivity contribution < 1.29 is 4.42 Å². The van der Waals surface area contributed by atoms with Crippen molar-refractivity contribution in [2.45, 2.75) is 206 Å². The summed E-state index contributed by atoms with van der Waals surface area (Å²) in [7, 11) is 0. The van der Waals surface area contributed by atoms with Crippen molar-refractivity contribution in [3.63, 3.8) is 0 Å². The van der Waals surface area contributed by atoms with E-state index in [2.05, 4.69) is 186 Å². The Labute approximate surface area is 409 Å². The Kier molecular flexibility index (Phi) is 9.46. The first-order valence-corrected chi connectivity index (χ1v) is 26.8. The maximum Gasteiger partial charge on any atom is 0.297 e. The van der Waals surface area contributed by atoms with Crippen molar-refractivity contribution in [2.75, 3.05) is 9.80 Å². The van der Waals surface area contributed by atoms with E-state index in [0.717, 1.165) is 11.2 Å². The Bertz CT molecular complexity index is 3110. The monoisotopic (exact) mass is 901 g/mol. The van der Waals surface area contributed by atoms with E-state index >= 15 is 0 Å². The van der Waals surface area contributed by atoms with Gasteiger partial charge >= 0.3 is 0 Å². The summed E-state index contributed by atoms with van der Waals surface area (Å²) in [6.07, 6.45) is 9.68. The molecule has 3 heterocycles. The molecule has 0 radical (unpaired) electrons. The summed E-state index contributed by atoms with van der Waals surface area (Å²) in [5, 5.41) is 1.26. The highest BCUT2D eigenvalue weighted by atomic mass is 16.3. The largest absolute Gasteiger partial charge is 0.468 e. The third kappa shape index (κ3) is 6.35. The van der Waals surface area contributed by atoms with Crippen LogP contribution in [-0.4, -0.2) is 6.71 Å². The molecule has 12 rings (SSSR count).